The van der Waals surface area contributed by atoms with Gasteiger partial charge in [-0.2, -0.15) is 0 Å². The van der Waals surface area contributed by atoms with Crippen molar-refractivity contribution < 1.29 is 14.6 Å². The molecule has 4 nitrogen and oxygen atoms in total. The summed E-state index contributed by atoms with van der Waals surface area (Å²) in [5.74, 6) is -0.248. The van der Waals surface area contributed by atoms with Gasteiger partial charge >= 0.3 is 5.97 Å². The van der Waals surface area contributed by atoms with Crippen LogP contribution in [-0.2, 0) is 4.79 Å². The van der Waals surface area contributed by atoms with Crippen molar-refractivity contribution in [2.45, 2.75) is 25.8 Å². The minimum absolute atomic E-state index is 0.181. The highest BCUT2D eigenvalue weighted by Gasteiger charge is 2.33. The molecule has 1 heterocycles. The van der Waals surface area contributed by atoms with Gasteiger partial charge in [0.2, 0.25) is 0 Å². The fourth-order valence-corrected chi connectivity index (χ4v) is 4.51. The second-order valence-electron chi connectivity index (χ2n) is 6.81. The molecule has 150 valence electrons. The van der Waals surface area contributed by atoms with Crippen LogP contribution < -0.4 is 4.74 Å². The summed E-state index contributed by atoms with van der Waals surface area (Å²) in [7, 11) is 0. The third-order valence-electron chi connectivity index (χ3n) is 5.09. The Hall–Kier alpha value is -1.27. The van der Waals surface area contributed by atoms with Gasteiger partial charge in [0.15, 0.2) is 0 Å². The number of nitrogens with zero attached hydrogens (tertiary/aromatic N) is 1. The molecule has 3 rings (SSSR count). The predicted octanol–water partition coefficient (Wildman–Crippen LogP) is 6.04. The van der Waals surface area contributed by atoms with Gasteiger partial charge in [-0.15, -0.1) is 0 Å². The molecule has 2 aromatic rings. The average molecular weight is 487 g/mol. The molecule has 0 amide bonds. The maximum absolute atomic E-state index is 11.4. The number of ether oxygens (including phenoxy) is 1. The zero-order valence-corrected chi connectivity index (χ0v) is 18.6. The standard InChI is InChI=1S/C21H22BrCl2NO3/c1-2-28-18-7-6-14(22)12-16(18)20(15-4-3-5-17(23)19(15)24)25-10-8-13(9-11-25)21(26)27/h3-7,12-13,20H,2,8-11H2,1H3,(H,26,27). The van der Waals surface area contributed by atoms with Gasteiger partial charge in [-0.1, -0.05) is 51.3 Å². The Kier molecular flexibility index (Phi) is 7.26. The largest absolute Gasteiger partial charge is 0.494 e. The topological polar surface area (TPSA) is 49.8 Å². The first-order valence-corrected chi connectivity index (χ1v) is 10.8. The van der Waals surface area contributed by atoms with Gasteiger partial charge < -0.3 is 9.84 Å². The Labute approximate surface area is 183 Å². The summed E-state index contributed by atoms with van der Waals surface area (Å²) >= 11 is 16.5. The highest BCUT2D eigenvalue weighted by atomic mass is 79.9. The van der Waals surface area contributed by atoms with E-state index in [1.165, 1.54) is 0 Å². The van der Waals surface area contributed by atoms with Crippen LogP contribution in [0.5, 0.6) is 5.75 Å². The molecule has 0 radical (unpaired) electrons. The van der Waals surface area contributed by atoms with E-state index in [9.17, 15) is 9.90 Å². The first kappa shape index (κ1) is 21.4. The molecule has 2 aromatic carbocycles. The maximum atomic E-state index is 11.4. The number of hydrogen-bond donors (Lipinski definition) is 1. The molecule has 1 aliphatic heterocycles. The lowest BCUT2D eigenvalue weighted by Gasteiger charge is -2.38. The number of carbonyl (C=O) groups is 1. The normalized spacial score (nSPS) is 16.7. The molecule has 0 aromatic heterocycles. The van der Waals surface area contributed by atoms with Gasteiger partial charge in [0.05, 0.1) is 28.6 Å². The third kappa shape index (κ3) is 4.65. The van der Waals surface area contributed by atoms with Gasteiger partial charge in [0.1, 0.15) is 5.75 Å². The van der Waals surface area contributed by atoms with Gasteiger partial charge in [0.25, 0.3) is 0 Å². The van der Waals surface area contributed by atoms with Crippen LogP contribution in [0.15, 0.2) is 40.9 Å². The monoisotopic (exact) mass is 485 g/mol. The maximum Gasteiger partial charge on any atom is 0.306 e. The SMILES string of the molecule is CCOc1ccc(Br)cc1C(c1cccc(Cl)c1Cl)N1CCC(C(=O)O)CC1. The summed E-state index contributed by atoms with van der Waals surface area (Å²) in [6.45, 7) is 3.81. The summed E-state index contributed by atoms with van der Waals surface area (Å²) in [5.41, 5.74) is 1.87. The Morgan fingerprint density at radius 1 is 1.25 bits per heavy atom. The lowest BCUT2D eigenvalue weighted by molar-refractivity contribution is -0.143. The molecule has 1 fully saturated rings. The first-order chi connectivity index (χ1) is 13.4. The van der Waals surface area contributed by atoms with Crippen molar-refractivity contribution in [3.63, 3.8) is 0 Å². The lowest BCUT2D eigenvalue weighted by Crippen LogP contribution is -2.39. The first-order valence-electron chi connectivity index (χ1n) is 9.25. The number of hydrogen-bond acceptors (Lipinski definition) is 3. The number of aliphatic carboxylic acids is 1. The molecular weight excluding hydrogens is 465 g/mol. The van der Waals surface area contributed by atoms with Crippen molar-refractivity contribution >= 4 is 45.1 Å². The minimum atomic E-state index is -0.727. The lowest BCUT2D eigenvalue weighted by atomic mass is 9.91. The summed E-state index contributed by atoms with van der Waals surface area (Å²) in [4.78, 5) is 13.6. The molecule has 0 bridgehead atoms. The number of halogens is 3. The zero-order valence-electron chi connectivity index (χ0n) is 15.5. The van der Waals surface area contributed by atoms with Crippen molar-refractivity contribution in [1.29, 1.82) is 0 Å². The molecular formula is C21H22BrCl2NO3. The molecule has 7 heteroatoms. The highest BCUT2D eigenvalue weighted by molar-refractivity contribution is 9.10. The Bertz CT molecular complexity index is 854. The van der Waals surface area contributed by atoms with Crippen LogP contribution in [0.4, 0.5) is 0 Å². The van der Waals surface area contributed by atoms with Crippen LogP contribution in [0, 0.1) is 5.92 Å². The average Bonchev–Trinajstić information content (AvgIpc) is 2.68. The third-order valence-corrected chi connectivity index (χ3v) is 6.41. The summed E-state index contributed by atoms with van der Waals surface area (Å²) < 4.78 is 6.84. The molecule has 1 saturated heterocycles. The highest BCUT2D eigenvalue weighted by Crippen LogP contribution is 2.42. The van der Waals surface area contributed by atoms with Crippen LogP contribution in [-0.4, -0.2) is 35.7 Å². The van der Waals surface area contributed by atoms with Crippen LogP contribution in [0.3, 0.4) is 0 Å². The predicted molar refractivity (Wildman–Crippen MR) is 116 cm³/mol. The van der Waals surface area contributed by atoms with Gasteiger partial charge in [-0.25, -0.2) is 0 Å². The molecule has 0 spiro atoms. The molecule has 28 heavy (non-hydrogen) atoms. The summed E-state index contributed by atoms with van der Waals surface area (Å²) in [6.07, 6.45) is 1.20. The van der Waals surface area contributed by atoms with Crippen molar-refractivity contribution in [3.05, 3.63) is 62.0 Å². The fourth-order valence-electron chi connectivity index (χ4n) is 3.72. The smallest absolute Gasteiger partial charge is 0.306 e. The summed E-state index contributed by atoms with van der Waals surface area (Å²) in [5, 5.41) is 10.4. The molecule has 0 aliphatic carbocycles. The minimum Gasteiger partial charge on any atom is -0.494 e. The summed E-state index contributed by atoms with van der Waals surface area (Å²) in [6, 6.07) is 11.4. The van der Waals surface area contributed by atoms with E-state index >= 15 is 0 Å². The van der Waals surface area contributed by atoms with E-state index in [1.54, 1.807) is 6.07 Å². The second-order valence-corrected chi connectivity index (χ2v) is 8.51. The second kappa shape index (κ2) is 9.49. The van der Waals surface area contributed by atoms with Crippen molar-refractivity contribution in [2.24, 2.45) is 5.92 Å². The Morgan fingerprint density at radius 3 is 2.61 bits per heavy atom. The van der Waals surface area contributed by atoms with Crippen molar-refractivity contribution in [3.8, 4) is 5.75 Å². The van der Waals surface area contributed by atoms with Crippen LogP contribution in [0.1, 0.15) is 36.9 Å². The van der Waals surface area contributed by atoms with Crippen molar-refractivity contribution in [2.75, 3.05) is 19.7 Å². The molecule has 1 N–H and O–H groups in total. The van der Waals surface area contributed by atoms with E-state index in [0.29, 0.717) is 42.6 Å². The van der Waals surface area contributed by atoms with E-state index in [-0.39, 0.29) is 12.0 Å². The van der Waals surface area contributed by atoms with Gasteiger partial charge in [-0.3, -0.25) is 9.69 Å². The number of carboxylic acids is 1. The van der Waals surface area contributed by atoms with Crippen LogP contribution in [0.25, 0.3) is 0 Å². The number of benzene rings is 2. The van der Waals surface area contributed by atoms with E-state index < -0.39 is 5.97 Å². The number of likely N-dealkylation sites (tertiary alicyclic amines) is 1. The molecule has 0 saturated carbocycles. The van der Waals surface area contributed by atoms with Crippen LogP contribution >= 0.6 is 39.1 Å². The quantitative estimate of drug-likeness (QED) is 0.540. The molecule has 1 aliphatic rings. The number of piperidine rings is 1. The van der Waals surface area contributed by atoms with E-state index in [2.05, 4.69) is 20.8 Å². The molecule has 1 atom stereocenters. The molecule has 1 unspecified atom stereocenters. The van der Waals surface area contributed by atoms with Crippen molar-refractivity contribution in [1.82, 2.24) is 4.90 Å². The number of rotatable bonds is 6. The zero-order chi connectivity index (χ0) is 20.3. The van der Waals surface area contributed by atoms with E-state index in [1.807, 2.05) is 37.3 Å². The fraction of sp³-hybridized carbons (Fsp3) is 0.381. The Morgan fingerprint density at radius 2 is 1.96 bits per heavy atom. The van der Waals surface area contributed by atoms with E-state index in [4.69, 9.17) is 27.9 Å². The van der Waals surface area contributed by atoms with Crippen LogP contribution in [0.2, 0.25) is 10.0 Å². The van der Waals surface area contributed by atoms with Gasteiger partial charge in [-0.05, 0) is 62.7 Å². The Balaban J connectivity index is 2.07. The van der Waals surface area contributed by atoms with Gasteiger partial charge in [0, 0.05) is 10.0 Å². The van der Waals surface area contributed by atoms with E-state index in [0.717, 1.165) is 21.3 Å². The number of carboxylic acid groups (broad SMARTS) is 1.